The molecule has 2 aliphatic heterocycles. The molecule has 1 aliphatic carbocycles. The molecule has 27 heavy (non-hydrogen) atoms. The fourth-order valence-corrected chi connectivity index (χ4v) is 4.58. The molecule has 1 amide bonds. The summed E-state index contributed by atoms with van der Waals surface area (Å²) >= 11 is 0. The number of benzene rings is 1. The van der Waals surface area contributed by atoms with Crippen molar-refractivity contribution in [3.63, 3.8) is 0 Å². The number of likely N-dealkylation sites (tertiary alicyclic amines) is 1. The number of nitrogens with one attached hydrogen (secondary N) is 1. The molecule has 3 atom stereocenters. The molecule has 2 saturated heterocycles. The minimum atomic E-state index is 0.132. The molecular formula is C21H30N2O4. The number of carbonyl (C=O) groups is 1. The van der Waals surface area contributed by atoms with Crippen LogP contribution in [0.2, 0.25) is 0 Å². The van der Waals surface area contributed by atoms with Gasteiger partial charge in [0.2, 0.25) is 5.91 Å². The zero-order chi connectivity index (χ0) is 18.6. The highest BCUT2D eigenvalue weighted by Gasteiger charge is 2.38. The molecule has 0 bridgehead atoms. The number of ether oxygens (including phenoxy) is 3. The van der Waals surface area contributed by atoms with Crippen LogP contribution in [0.25, 0.3) is 0 Å². The molecule has 1 aromatic rings. The van der Waals surface area contributed by atoms with Gasteiger partial charge in [0, 0.05) is 44.4 Å². The number of hydrogen-bond acceptors (Lipinski definition) is 5. The first-order valence-electron chi connectivity index (χ1n) is 10.2. The van der Waals surface area contributed by atoms with Gasteiger partial charge in [-0.15, -0.1) is 0 Å². The van der Waals surface area contributed by atoms with Gasteiger partial charge in [-0.1, -0.05) is 12.1 Å². The van der Waals surface area contributed by atoms with E-state index in [0.717, 1.165) is 69.8 Å². The van der Waals surface area contributed by atoms with Crippen molar-refractivity contribution in [1.29, 1.82) is 0 Å². The van der Waals surface area contributed by atoms with E-state index < -0.39 is 0 Å². The molecule has 0 radical (unpaired) electrons. The highest BCUT2D eigenvalue weighted by Crippen LogP contribution is 2.32. The first-order chi connectivity index (χ1) is 13.2. The SMILES string of the molecule is COc1ccccc1OC1CCN(C(=O)[C@H]2CC[C@H]3OCCN[C@@H]3C2)CC1. The maximum Gasteiger partial charge on any atom is 0.225 e. The molecule has 0 aromatic heterocycles. The Labute approximate surface area is 161 Å². The van der Waals surface area contributed by atoms with Crippen molar-refractivity contribution in [2.45, 2.75) is 50.4 Å². The summed E-state index contributed by atoms with van der Waals surface area (Å²) in [6, 6.07) is 8.08. The number of piperidine rings is 1. The van der Waals surface area contributed by atoms with Crippen LogP contribution in [0.5, 0.6) is 11.5 Å². The molecule has 0 spiro atoms. The highest BCUT2D eigenvalue weighted by atomic mass is 16.5. The zero-order valence-electron chi connectivity index (χ0n) is 16.1. The van der Waals surface area contributed by atoms with Gasteiger partial charge in [0.25, 0.3) is 0 Å². The van der Waals surface area contributed by atoms with E-state index in [1.165, 1.54) is 0 Å². The third kappa shape index (κ3) is 4.22. The molecular weight excluding hydrogens is 344 g/mol. The van der Waals surface area contributed by atoms with Crippen molar-refractivity contribution in [3.8, 4) is 11.5 Å². The Morgan fingerprint density at radius 1 is 1.15 bits per heavy atom. The third-order valence-electron chi connectivity index (χ3n) is 6.09. The maximum absolute atomic E-state index is 13.0. The summed E-state index contributed by atoms with van der Waals surface area (Å²) in [7, 11) is 1.66. The van der Waals surface area contributed by atoms with Gasteiger partial charge in [0.1, 0.15) is 6.10 Å². The van der Waals surface area contributed by atoms with Gasteiger partial charge < -0.3 is 24.4 Å². The zero-order valence-corrected chi connectivity index (χ0v) is 16.1. The van der Waals surface area contributed by atoms with E-state index >= 15 is 0 Å². The Balaban J connectivity index is 1.28. The number of rotatable bonds is 4. The molecule has 3 fully saturated rings. The third-order valence-corrected chi connectivity index (χ3v) is 6.09. The number of amides is 1. The summed E-state index contributed by atoms with van der Waals surface area (Å²) in [5.74, 6) is 1.99. The molecule has 148 valence electrons. The normalized spacial score (nSPS) is 29.1. The predicted octanol–water partition coefficient (Wildman–Crippen LogP) is 2.22. The lowest BCUT2D eigenvalue weighted by Gasteiger charge is -2.41. The molecule has 6 nitrogen and oxygen atoms in total. The van der Waals surface area contributed by atoms with E-state index in [0.29, 0.717) is 18.1 Å². The van der Waals surface area contributed by atoms with Crippen molar-refractivity contribution in [1.82, 2.24) is 10.2 Å². The van der Waals surface area contributed by atoms with Gasteiger partial charge in [-0.2, -0.15) is 0 Å². The van der Waals surface area contributed by atoms with Crippen LogP contribution in [-0.4, -0.2) is 62.4 Å². The summed E-state index contributed by atoms with van der Waals surface area (Å²) in [5, 5.41) is 3.53. The molecule has 1 N–H and O–H groups in total. The Hall–Kier alpha value is -1.79. The van der Waals surface area contributed by atoms with Crippen LogP contribution in [0.4, 0.5) is 0 Å². The summed E-state index contributed by atoms with van der Waals surface area (Å²) in [6.07, 6.45) is 4.99. The Morgan fingerprint density at radius 3 is 2.70 bits per heavy atom. The van der Waals surface area contributed by atoms with E-state index in [-0.39, 0.29) is 12.0 Å². The summed E-state index contributed by atoms with van der Waals surface area (Å²) in [6.45, 7) is 3.23. The van der Waals surface area contributed by atoms with Gasteiger partial charge in [-0.05, 0) is 31.4 Å². The van der Waals surface area contributed by atoms with E-state index in [2.05, 4.69) is 5.32 Å². The van der Waals surface area contributed by atoms with Gasteiger partial charge in [0.05, 0.1) is 19.8 Å². The van der Waals surface area contributed by atoms with Crippen molar-refractivity contribution >= 4 is 5.91 Å². The number of hydrogen-bond donors (Lipinski definition) is 1. The van der Waals surface area contributed by atoms with Gasteiger partial charge >= 0.3 is 0 Å². The van der Waals surface area contributed by atoms with Crippen LogP contribution >= 0.6 is 0 Å². The van der Waals surface area contributed by atoms with Crippen molar-refractivity contribution in [2.24, 2.45) is 5.92 Å². The number of para-hydroxylation sites is 2. The average molecular weight is 374 g/mol. The second kappa shape index (κ2) is 8.48. The molecule has 4 rings (SSSR count). The fraction of sp³-hybridized carbons (Fsp3) is 0.667. The Kier molecular flexibility index (Phi) is 5.83. The molecule has 0 unspecified atom stereocenters. The number of morpholine rings is 1. The Morgan fingerprint density at radius 2 is 1.93 bits per heavy atom. The van der Waals surface area contributed by atoms with E-state index in [1.807, 2.05) is 29.2 Å². The molecule has 1 aromatic carbocycles. The van der Waals surface area contributed by atoms with Gasteiger partial charge in [-0.25, -0.2) is 0 Å². The predicted molar refractivity (Wildman–Crippen MR) is 102 cm³/mol. The number of nitrogens with zero attached hydrogens (tertiary/aromatic N) is 1. The standard InChI is InChI=1S/C21H30N2O4/c1-25-19-4-2-3-5-20(19)27-16-8-11-23(12-9-16)21(24)15-6-7-18-17(14-15)22-10-13-26-18/h2-5,15-18,22H,6-14H2,1H3/t15-,17+,18+/m0/s1. The molecule has 6 heteroatoms. The lowest BCUT2D eigenvalue weighted by molar-refractivity contribution is -0.140. The van der Waals surface area contributed by atoms with Crippen LogP contribution in [0, 0.1) is 5.92 Å². The molecule has 2 heterocycles. The van der Waals surface area contributed by atoms with Crippen LogP contribution in [0.1, 0.15) is 32.1 Å². The summed E-state index contributed by atoms with van der Waals surface area (Å²) in [5.41, 5.74) is 0. The van der Waals surface area contributed by atoms with E-state index in [4.69, 9.17) is 14.2 Å². The Bertz CT molecular complexity index is 645. The fourth-order valence-electron chi connectivity index (χ4n) is 4.58. The summed E-state index contributed by atoms with van der Waals surface area (Å²) < 4.78 is 17.3. The topological polar surface area (TPSA) is 60.0 Å². The average Bonchev–Trinajstić information content (AvgIpc) is 2.74. The van der Waals surface area contributed by atoms with E-state index in [9.17, 15) is 4.79 Å². The van der Waals surface area contributed by atoms with Crippen LogP contribution < -0.4 is 14.8 Å². The van der Waals surface area contributed by atoms with Crippen LogP contribution in [-0.2, 0) is 9.53 Å². The first kappa shape index (κ1) is 18.6. The smallest absolute Gasteiger partial charge is 0.225 e. The van der Waals surface area contributed by atoms with Crippen molar-refractivity contribution in [3.05, 3.63) is 24.3 Å². The summed E-state index contributed by atoms with van der Waals surface area (Å²) in [4.78, 5) is 15.0. The lowest BCUT2D eigenvalue weighted by Crippen LogP contribution is -2.54. The van der Waals surface area contributed by atoms with Crippen LogP contribution in [0.15, 0.2) is 24.3 Å². The van der Waals surface area contributed by atoms with Gasteiger partial charge in [0.15, 0.2) is 11.5 Å². The lowest BCUT2D eigenvalue weighted by atomic mass is 9.82. The minimum Gasteiger partial charge on any atom is -0.493 e. The second-order valence-electron chi connectivity index (χ2n) is 7.77. The van der Waals surface area contributed by atoms with Crippen LogP contribution in [0.3, 0.4) is 0 Å². The second-order valence-corrected chi connectivity index (χ2v) is 7.77. The van der Waals surface area contributed by atoms with Crippen molar-refractivity contribution in [2.75, 3.05) is 33.4 Å². The number of methoxy groups -OCH3 is 1. The number of fused-ring (bicyclic) bond motifs is 1. The monoisotopic (exact) mass is 374 g/mol. The maximum atomic E-state index is 13.0. The minimum absolute atomic E-state index is 0.132. The number of carbonyl (C=O) groups excluding carboxylic acids is 1. The molecule has 1 saturated carbocycles. The van der Waals surface area contributed by atoms with Crippen molar-refractivity contribution < 1.29 is 19.0 Å². The quantitative estimate of drug-likeness (QED) is 0.876. The van der Waals surface area contributed by atoms with E-state index in [1.54, 1.807) is 7.11 Å². The first-order valence-corrected chi connectivity index (χ1v) is 10.2. The molecule has 3 aliphatic rings. The largest absolute Gasteiger partial charge is 0.493 e. The van der Waals surface area contributed by atoms with Gasteiger partial charge in [-0.3, -0.25) is 4.79 Å². The highest BCUT2D eigenvalue weighted by molar-refractivity contribution is 5.79.